The molecule has 1 aromatic rings. The molecule has 16 heavy (non-hydrogen) atoms. The molecule has 1 aliphatic rings. The predicted molar refractivity (Wildman–Crippen MR) is 67.5 cm³/mol. The Morgan fingerprint density at radius 1 is 1.50 bits per heavy atom. The van der Waals surface area contributed by atoms with Gasteiger partial charge in [0.2, 0.25) is 0 Å². The normalized spacial score (nSPS) is 20.9. The van der Waals surface area contributed by atoms with Gasteiger partial charge in [0, 0.05) is 29.4 Å². The van der Waals surface area contributed by atoms with Gasteiger partial charge >= 0.3 is 0 Å². The largest absolute Gasteiger partial charge is 0.371 e. The second kappa shape index (κ2) is 4.88. The Bertz CT molecular complexity index is 392. The smallest absolute Gasteiger partial charge is 0.152 e. The van der Waals surface area contributed by atoms with Crippen molar-refractivity contribution in [2.75, 3.05) is 18.0 Å². The maximum atomic E-state index is 11.0. The molecule has 0 saturated carbocycles. The van der Waals surface area contributed by atoms with E-state index in [1.165, 1.54) is 12.8 Å². The van der Waals surface area contributed by atoms with E-state index < -0.39 is 0 Å². The van der Waals surface area contributed by atoms with Crippen LogP contribution in [0.3, 0.4) is 0 Å². The minimum atomic E-state index is 0.687. The maximum Gasteiger partial charge on any atom is 0.152 e. The Kier molecular flexibility index (Phi) is 3.49. The first-order chi connectivity index (χ1) is 7.70. The summed E-state index contributed by atoms with van der Waals surface area (Å²) in [5.74, 6) is 0.687. The third kappa shape index (κ3) is 2.38. The lowest BCUT2D eigenvalue weighted by molar-refractivity contribution is 0.112. The number of aldehydes is 1. The Morgan fingerprint density at radius 3 is 3.00 bits per heavy atom. The zero-order chi connectivity index (χ0) is 11.5. The van der Waals surface area contributed by atoms with Crippen molar-refractivity contribution in [3.63, 3.8) is 0 Å². The number of carbonyl (C=O) groups excluding carboxylic acids is 1. The first kappa shape index (κ1) is 11.5. The molecule has 0 aromatic heterocycles. The van der Waals surface area contributed by atoms with E-state index in [1.54, 1.807) is 12.1 Å². The number of rotatable bonds is 2. The molecule has 1 aliphatic heterocycles. The van der Waals surface area contributed by atoms with Crippen molar-refractivity contribution in [1.29, 1.82) is 0 Å². The van der Waals surface area contributed by atoms with Gasteiger partial charge in [-0.05, 0) is 37.0 Å². The molecule has 0 radical (unpaired) electrons. The average Bonchev–Trinajstić information content (AvgIpc) is 2.29. The number of piperidine rings is 1. The fourth-order valence-electron chi connectivity index (χ4n) is 2.30. The highest BCUT2D eigenvalue weighted by molar-refractivity contribution is 6.31. The van der Waals surface area contributed by atoms with Gasteiger partial charge in [0.25, 0.3) is 0 Å². The number of carbonyl (C=O) groups is 1. The second-order valence-electron chi connectivity index (χ2n) is 4.51. The summed E-state index contributed by atoms with van der Waals surface area (Å²) in [7, 11) is 0. The summed E-state index contributed by atoms with van der Waals surface area (Å²) in [4.78, 5) is 13.3. The van der Waals surface area contributed by atoms with Gasteiger partial charge in [-0.1, -0.05) is 18.5 Å². The molecule has 0 N–H and O–H groups in total. The van der Waals surface area contributed by atoms with Crippen molar-refractivity contribution in [2.24, 2.45) is 5.92 Å². The van der Waals surface area contributed by atoms with Crippen LogP contribution in [0, 0.1) is 5.92 Å². The fraction of sp³-hybridized carbons (Fsp3) is 0.462. The van der Waals surface area contributed by atoms with Crippen LogP contribution in [0.4, 0.5) is 5.69 Å². The summed E-state index contributed by atoms with van der Waals surface area (Å²) in [6.07, 6.45) is 3.37. The number of hydrogen-bond donors (Lipinski definition) is 0. The van der Waals surface area contributed by atoms with Crippen LogP contribution in [0.15, 0.2) is 18.2 Å². The summed E-state index contributed by atoms with van der Waals surface area (Å²) >= 11 is 5.99. The highest BCUT2D eigenvalue weighted by Gasteiger charge is 2.18. The molecule has 1 aromatic carbocycles. The lowest BCUT2D eigenvalue weighted by atomic mass is 9.99. The number of halogens is 1. The van der Waals surface area contributed by atoms with Gasteiger partial charge in [0.05, 0.1) is 0 Å². The zero-order valence-electron chi connectivity index (χ0n) is 9.45. The molecule has 0 amide bonds. The monoisotopic (exact) mass is 237 g/mol. The summed E-state index contributed by atoms with van der Waals surface area (Å²) in [5, 5.41) is 0.693. The lowest BCUT2D eigenvalue weighted by Crippen LogP contribution is -2.34. The van der Waals surface area contributed by atoms with Gasteiger partial charge in [-0.3, -0.25) is 4.79 Å². The maximum absolute atomic E-state index is 11.0. The van der Waals surface area contributed by atoms with E-state index in [-0.39, 0.29) is 0 Å². The SMILES string of the molecule is CC1CCCN(c2cc(Cl)ccc2C=O)C1. The molecule has 1 saturated heterocycles. The molecule has 1 fully saturated rings. The molecule has 3 heteroatoms. The predicted octanol–water partition coefficient (Wildman–Crippen LogP) is 3.39. The average molecular weight is 238 g/mol. The van der Waals surface area contributed by atoms with E-state index >= 15 is 0 Å². The Morgan fingerprint density at radius 2 is 2.31 bits per heavy atom. The van der Waals surface area contributed by atoms with Crippen LogP contribution in [0.1, 0.15) is 30.1 Å². The van der Waals surface area contributed by atoms with Crippen molar-refractivity contribution < 1.29 is 4.79 Å². The van der Waals surface area contributed by atoms with Gasteiger partial charge < -0.3 is 4.90 Å². The Balaban J connectivity index is 2.30. The standard InChI is InChI=1S/C13H16ClNO/c1-10-3-2-6-15(8-10)13-7-12(14)5-4-11(13)9-16/h4-5,7,9-10H,2-3,6,8H2,1H3. The number of anilines is 1. The molecule has 0 aliphatic carbocycles. The van der Waals surface area contributed by atoms with Crippen LogP contribution < -0.4 is 4.90 Å². The van der Waals surface area contributed by atoms with Crippen LogP contribution in [0.5, 0.6) is 0 Å². The highest BCUT2D eigenvalue weighted by atomic mass is 35.5. The first-order valence-electron chi connectivity index (χ1n) is 5.70. The molecular weight excluding hydrogens is 222 g/mol. The summed E-state index contributed by atoms with van der Waals surface area (Å²) in [6.45, 7) is 4.28. The Labute approximate surface area is 101 Å². The molecule has 0 bridgehead atoms. The molecule has 1 atom stereocenters. The number of nitrogens with zero attached hydrogens (tertiary/aromatic N) is 1. The molecule has 1 unspecified atom stereocenters. The topological polar surface area (TPSA) is 20.3 Å². The van der Waals surface area contributed by atoms with Crippen LogP contribution >= 0.6 is 11.6 Å². The van der Waals surface area contributed by atoms with Gasteiger partial charge in [-0.15, -0.1) is 0 Å². The van der Waals surface area contributed by atoms with E-state index in [2.05, 4.69) is 11.8 Å². The van der Waals surface area contributed by atoms with Gasteiger partial charge in [0.15, 0.2) is 6.29 Å². The minimum absolute atomic E-state index is 0.687. The van der Waals surface area contributed by atoms with Gasteiger partial charge in [-0.2, -0.15) is 0 Å². The van der Waals surface area contributed by atoms with Crippen molar-refractivity contribution in [3.8, 4) is 0 Å². The van der Waals surface area contributed by atoms with Crippen molar-refractivity contribution in [2.45, 2.75) is 19.8 Å². The molecule has 2 nitrogen and oxygen atoms in total. The summed E-state index contributed by atoms with van der Waals surface area (Å²) < 4.78 is 0. The molecule has 0 spiro atoms. The quantitative estimate of drug-likeness (QED) is 0.735. The Hall–Kier alpha value is -1.02. The number of hydrogen-bond acceptors (Lipinski definition) is 2. The lowest BCUT2D eigenvalue weighted by Gasteiger charge is -2.33. The van der Waals surface area contributed by atoms with Crippen LogP contribution in [-0.4, -0.2) is 19.4 Å². The van der Waals surface area contributed by atoms with E-state index in [9.17, 15) is 4.79 Å². The van der Waals surface area contributed by atoms with E-state index in [0.29, 0.717) is 10.9 Å². The van der Waals surface area contributed by atoms with E-state index in [4.69, 9.17) is 11.6 Å². The first-order valence-corrected chi connectivity index (χ1v) is 6.08. The minimum Gasteiger partial charge on any atom is -0.371 e. The van der Waals surface area contributed by atoms with E-state index in [1.807, 2.05) is 6.07 Å². The van der Waals surface area contributed by atoms with Crippen LogP contribution in [-0.2, 0) is 0 Å². The van der Waals surface area contributed by atoms with Crippen LogP contribution in [0.25, 0.3) is 0 Å². The second-order valence-corrected chi connectivity index (χ2v) is 4.95. The van der Waals surface area contributed by atoms with Gasteiger partial charge in [0.1, 0.15) is 0 Å². The highest BCUT2D eigenvalue weighted by Crippen LogP contribution is 2.28. The third-order valence-electron chi connectivity index (χ3n) is 3.12. The molecular formula is C13H16ClNO. The summed E-state index contributed by atoms with van der Waals surface area (Å²) in [6, 6.07) is 5.45. The van der Waals surface area contributed by atoms with E-state index in [0.717, 1.165) is 30.6 Å². The fourth-order valence-corrected chi connectivity index (χ4v) is 2.46. The molecule has 86 valence electrons. The third-order valence-corrected chi connectivity index (χ3v) is 3.35. The van der Waals surface area contributed by atoms with Crippen molar-refractivity contribution in [1.82, 2.24) is 0 Å². The molecule has 2 rings (SSSR count). The van der Waals surface area contributed by atoms with Crippen molar-refractivity contribution >= 4 is 23.6 Å². The molecule has 1 heterocycles. The summed E-state index contributed by atoms with van der Waals surface area (Å²) in [5.41, 5.74) is 1.72. The zero-order valence-corrected chi connectivity index (χ0v) is 10.2. The van der Waals surface area contributed by atoms with Gasteiger partial charge in [-0.25, -0.2) is 0 Å². The number of benzene rings is 1. The van der Waals surface area contributed by atoms with Crippen molar-refractivity contribution in [3.05, 3.63) is 28.8 Å². The van der Waals surface area contributed by atoms with Crippen LogP contribution in [0.2, 0.25) is 5.02 Å².